The van der Waals surface area contributed by atoms with Crippen molar-refractivity contribution in [1.29, 1.82) is 0 Å². The maximum atomic E-state index is 11.8. The molecule has 5 heteroatoms. The maximum absolute atomic E-state index is 11.8. The molecule has 0 amide bonds. The molecule has 0 radical (unpaired) electrons. The minimum atomic E-state index is -4.01. The second kappa shape index (κ2) is 7.93. The van der Waals surface area contributed by atoms with E-state index in [0.29, 0.717) is 32.2 Å². The van der Waals surface area contributed by atoms with E-state index in [0.717, 1.165) is 25.9 Å². The Labute approximate surface area is 100 Å². The predicted octanol–water partition coefficient (Wildman–Crippen LogP) is 3.69. The summed E-state index contributed by atoms with van der Waals surface area (Å²) in [6, 6.07) is 0. The van der Waals surface area contributed by atoms with E-state index >= 15 is 0 Å². The molecular formula is C12H21F3O2. The third-order valence-electron chi connectivity index (χ3n) is 2.86. The van der Waals surface area contributed by atoms with Crippen LogP contribution in [0.2, 0.25) is 0 Å². The summed E-state index contributed by atoms with van der Waals surface area (Å²) in [6.45, 7) is 2.07. The SMILES string of the molecule is FC(F)(F)CCCCCOCCC1CCCO1. The molecule has 2 nitrogen and oxygen atoms in total. The Morgan fingerprint density at radius 3 is 2.59 bits per heavy atom. The van der Waals surface area contributed by atoms with Crippen LogP contribution in [0.25, 0.3) is 0 Å². The Morgan fingerprint density at radius 2 is 1.94 bits per heavy atom. The third-order valence-corrected chi connectivity index (χ3v) is 2.86. The second-order valence-corrected chi connectivity index (χ2v) is 4.46. The Morgan fingerprint density at radius 1 is 1.12 bits per heavy atom. The van der Waals surface area contributed by atoms with Crippen LogP contribution in [0.15, 0.2) is 0 Å². The molecule has 1 aliphatic heterocycles. The molecule has 0 aromatic carbocycles. The van der Waals surface area contributed by atoms with Gasteiger partial charge in [-0.15, -0.1) is 0 Å². The molecule has 0 spiro atoms. The lowest BCUT2D eigenvalue weighted by molar-refractivity contribution is -0.135. The van der Waals surface area contributed by atoms with Gasteiger partial charge in [0.05, 0.1) is 6.10 Å². The van der Waals surface area contributed by atoms with E-state index in [1.807, 2.05) is 0 Å². The van der Waals surface area contributed by atoms with Crippen molar-refractivity contribution in [3.63, 3.8) is 0 Å². The van der Waals surface area contributed by atoms with Gasteiger partial charge in [-0.2, -0.15) is 13.2 Å². The molecule has 17 heavy (non-hydrogen) atoms. The lowest BCUT2D eigenvalue weighted by Crippen LogP contribution is -2.10. The zero-order chi connectivity index (χ0) is 12.6. The monoisotopic (exact) mass is 254 g/mol. The van der Waals surface area contributed by atoms with Crippen LogP contribution in [0.4, 0.5) is 13.2 Å². The molecule has 0 aliphatic carbocycles. The molecule has 1 heterocycles. The summed E-state index contributed by atoms with van der Waals surface area (Å²) in [6.07, 6.45) is 0.281. The number of halogens is 3. The molecule has 0 aromatic rings. The van der Waals surface area contributed by atoms with Crippen molar-refractivity contribution < 1.29 is 22.6 Å². The molecule has 1 rings (SSSR count). The molecule has 102 valence electrons. The van der Waals surface area contributed by atoms with Crippen LogP contribution >= 0.6 is 0 Å². The van der Waals surface area contributed by atoms with E-state index in [1.54, 1.807) is 0 Å². The molecule has 1 saturated heterocycles. The van der Waals surface area contributed by atoms with Crippen LogP contribution in [-0.4, -0.2) is 32.1 Å². The largest absolute Gasteiger partial charge is 0.389 e. The summed E-state index contributed by atoms with van der Waals surface area (Å²) in [5, 5.41) is 0. The maximum Gasteiger partial charge on any atom is 0.389 e. The highest BCUT2D eigenvalue weighted by Gasteiger charge is 2.25. The number of hydrogen-bond donors (Lipinski definition) is 0. The zero-order valence-electron chi connectivity index (χ0n) is 10.1. The average Bonchev–Trinajstić information content (AvgIpc) is 2.73. The summed E-state index contributed by atoms with van der Waals surface area (Å²) < 4.78 is 46.2. The summed E-state index contributed by atoms with van der Waals surface area (Å²) >= 11 is 0. The van der Waals surface area contributed by atoms with Gasteiger partial charge in [0.2, 0.25) is 0 Å². The van der Waals surface area contributed by atoms with Gasteiger partial charge in [-0.3, -0.25) is 0 Å². The fourth-order valence-corrected chi connectivity index (χ4v) is 1.90. The van der Waals surface area contributed by atoms with E-state index in [9.17, 15) is 13.2 Å². The summed E-state index contributed by atoms with van der Waals surface area (Å²) in [5.74, 6) is 0. The van der Waals surface area contributed by atoms with Crippen molar-refractivity contribution in [2.24, 2.45) is 0 Å². The van der Waals surface area contributed by atoms with Gasteiger partial charge in [0.15, 0.2) is 0 Å². The molecule has 1 aliphatic rings. The van der Waals surface area contributed by atoms with Crippen molar-refractivity contribution >= 4 is 0 Å². The first kappa shape index (κ1) is 14.8. The number of hydrogen-bond acceptors (Lipinski definition) is 2. The van der Waals surface area contributed by atoms with Crippen LogP contribution in [0.1, 0.15) is 44.9 Å². The van der Waals surface area contributed by atoms with Crippen LogP contribution < -0.4 is 0 Å². The Kier molecular flexibility index (Phi) is 6.89. The second-order valence-electron chi connectivity index (χ2n) is 4.46. The third kappa shape index (κ3) is 8.44. The molecule has 0 saturated carbocycles. The highest BCUT2D eigenvalue weighted by atomic mass is 19.4. The quantitative estimate of drug-likeness (QED) is 0.615. The number of rotatable bonds is 8. The topological polar surface area (TPSA) is 18.5 Å². The van der Waals surface area contributed by atoms with E-state index in [-0.39, 0.29) is 6.42 Å². The van der Waals surface area contributed by atoms with E-state index < -0.39 is 12.6 Å². The molecule has 1 fully saturated rings. The van der Waals surface area contributed by atoms with Gasteiger partial charge in [-0.25, -0.2) is 0 Å². The van der Waals surface area contributed by atoms with Crippen LogP contribution in [0.5, 0.6) is 0 Å². The number of ether oxygens (including phenoxy) is 2. The smallest absolute Gasteiger partial charge is 0.381 e. The predicted molar refractivity (Wildman–Crippen MR) is 58.9 cm³/mol. The fraction of sp³-hybridized carbons (Fsp3) is 1.00. The summed E-state index contributed by atoms with van der Waals surface area (Å²) in [5.41, 5.74) is 0. The van der Waals surface area contributed by atoms with E-state index in [2.05, 4.69) is 0 Å². The number of alkyl halides is 3. The molecule has 0 N–H and O–H groups in total. The minimum absolute atomic E-state index is 0.207. The molecule has 0 bridgehead atoms. The first-order valence-electron chi connectivity index (χ1n) is 6.34. The first-order valence-corrected chi connectivity index (χ1v) is 6.34. The van der Waals surface area contributed by atoms with Crippen molar-refractivity contribution in [2.75, 3.05) is 19.8 Å². The van der Waals surface area contributed by atoms with Gasteiger partial charge in [0, 0.05) is 26.2 Å². The van der Waals surface area contributed by atoms with Crippen molar-refractivity contribution in [2.45, 2.75) is 57.2 Å². The minimum Gasteiger partial charge on any atom is -0.381 e. The summed E-state index contributed by atoms with van der Waals surface area (Å²) in [4.78, 5) is 0. The highest BCUT2D eigenvalue weighted by molar-refractivity contribution is 4.63. The van der Waals surface area contributed by atoms with Gasteiger partial charge in [-0.05, 0) is 32.1 Å². The van der Waals surface area contributed by atoms with Crippen LogP contribution in [0.3, 0.4) is 0 Å². The average molecular weight is 254 g/mol. The molecule has 0 aromatic heterocycles. The first-order chi connectivity index (χ1) is 8.08. The van der Waals surface area contributed by atoms with Crippen LogP contribution in [-0.2, 0) is 9.47 Å². The van der Waals surface area contributed by atoms with Gasteiger partial charge >= 0.3 is 6.18 Å². The normalized spacial score (nSPS) is 21.0. The Hall–Kier alpha value is -0.290. The van der Waals surface area contributed by atoms with Gasteiger partial charge < -0.3 is 9.47 Å². The van der Waals surface area contributed by atoms with Crippen molar-refractivity contribution in [1.82, 2.24) is 0 Å². The summed E-state index contributed by atoms with van der Waals surface area (Å²) in [7, 11) is 0. The van der Waals surface area contributed by atoms with Crippen molar-refractivity contribution in [3.8, 4) is 0 Å². The van der Waals surface area contributed by atoms with E-state index in [4.69, 9.17) is 9.47 Å². The van der Waals surface area contributed by atoms with Crippen LogP contribution in [0, 0.1) is 0 Å². The lowest BCUT2D eigenvalue weighted by Gasteiger charge is -2.09. The zero-order valence-corrected chi connectivity index (χ0v) is 10.1. The lowest BCUT2D eigenvalue weighted by atomic mass is 10.2. The fourth-order valence-electron chi connectivity index (χ4n) is 1.90. The molecule has 1 atom stereocenters. The van der Waals surface area contributed by atoms with Gasteiger partial charge in [-0.1, -0.05) is 6.42 Å². The Balaban J connectivity index is 1.78. The molecule has 1 unspecified atom stereocenters. The highest BCUT2D eigenvalue weighted by Crippen LogP contribution is 2.22. The van der Waals surface area contributed by atoms with Gasteiger partial charge in [0.1, 0.15) is 0 Å². The number of unbranched alkanes of at least 4 members (excludes halogenated alkanes) is 2. The standard InChI is InChI=1S/C12H21F3O2/c13-12(14,15)7-2-1-3-8-16-10-6-11-5-4-9-17-11/h11H,1-10H2. The van der Waals surface area contributed by atoms with Gasteiger partial charge in [0.25, 0.3) is 0 Å². The Bertz CT molecular complexity index is 189. The van der Waals surface area contributed by atoms with E-state index in [1.165, 1.54) is 0 Å². The molecular weight excluding hydrogens is 233 g/mol. The van der Waals surface area contributed by atoms with Crippen molar-refractivity contribution in [3.05, 3.63) is 0 Å².